The fourth-order valence-electron chi connectivity index (χ4n) is 3.41. The van der Waals surface area contributed by atoms with Crippen molar-refractivity contribution in [2.75, 3.05) is 24.2 Å². The van der Waals surface area contributed by atoms with Gasteiger partial charge >= 0.3 is 0 Å². The number of hydrogen-bond acceptors (Lipinski definition) is 4. The SMILES string of the molecule is CC[C@@H](C(=O)NCCCc1ccc(OC)cc1)N(c1cc(C)ccc1C)S(C)(=O)=O. The van der Waals surface area contributed by atoms with Crippen molar-refractivity contribution < 1.29 is 17.9 Å². The Morgan fingerprint density at radius 3 is 2.37 bits per heavy atom. The molecule has 7 heteroatoms. The van der Waals surface area contributed by atoms with Gasteiger partial charge in [-0.2, -0.15) is 0 Å². The molecule has 0 fully saturated rings. The maximum atomic E-state index is 12.9. The highest BCUT2D eigenvalue weighted by molar-refractivity contribution is 7.92. The van der Waals surface area contributed by atoms with Crippen LogP contribution in [0, 0.1) is 13.8 Å². The van der Waals surface area contributed by atoms with Crippen LogP contribution < -0.4 is 14.4 Å². The molecule has 0 spiro atoms. The molecule has 0 radical (unpaired) electrons. The number of carbonyl (C=O) groups is 1. The number of nitrogens with one attached hydrogen (secondary N) is 1. The van der Waals surface area contributed by atoms with Crippen LogP contribution in [0.25, 0.3) is 0 Å². The molecule has 6 nitrogen and oxygen atoms in total. The van der Waals surface area contributed by atoms with Crippen molar-refractivity contribution in [3.8, 4) is 5.75 Å². The Morgan fingerprint density at radius 2 is 1.80 bits per heavy atom. The predicted octanol–water partition coefficient (Wildman–Crippen LogP) is 3.61. The molecule has 2 aromatic rings. The van der Waals surface area contributed by atoms with E-state index >= 15 is 0 Å². The highest BCUT2D eigenvalue weighted by Crippen LogP contribution is 2.27. The minimum absolute atomic E-state index is 0.279. The first-order valence-electron chi connectivity index (χ1n) is 10.1. The van der Waals surface area contributed by atoms with Crippen molar-refractivity contribution in [1.29, 1.82) is 0 Å². The highest BCUT2D eigenvalue weighted by Gasteiger charge is 2.32. The average Bonchev–Trinajstić information content (AvgIpc) is 2.70. The van der Waals surface area contributed by atoms with E-state index in [0.29, 0.717) is 18.7 Å². The van der Waals surface area contributed by atoms with Crippen LogP contribution in [-0.4, -0.2) is 40.3 Å². The van der Waals surface area contributed by atoms with Crippen LogP contribution in [0.3, 0.4) is 0 Å². The number of benzene rings is 2. The lowest BCUT2D eigenvalue weighted by Crippen LogP contribution is -2.49. The third-order valence-electron chi connectivity index (χ3n) is 5.03. The molecule has 1 atom stereocenters. The number of ether oxygens (including phenoxy) is 1. The van der Waals surface area contributed by atoms with Crippen molar-refractivity contribution in [3.63, 3.8) is 0 Å². The lowest BCUT2D eigenvalue weighted by Gasteiger charge is -2.31. The van der Waals surface area contributed by atoms with Gasteiger partial charge in [-0.05, 0) is 68.0 Å². The third kappa shape index (κ3) is 6.23. The van der Waals surface area contributed by atoms with Gasteiger partial charge in [-0.1, -0.05) is 31.2 Å². The number of sulfonamides is 1. The van der Waals surface area contributed by atoms with Crippen LogP contribution >= 0.6 is 0 Å². The number of aryl methyl sites for hydroxylation is 3. The first-order chi connectivity index (χ1) is 14.2. The van der Waals surface area contributed by atoms with Gasteiger partial charge in [-0.25, -0.2) is 8.42 Å². The Bertz CT molecular complexity index is 956. The molecule has 0 aromatic heterocycles. The molecule has 0 heterocycles. The molecule has 0 saturated heterocycles. The summed E-state index contributed by atoms with van der Waals surface area (Å²) in [4.78, 5) is 12.9. The molecule has 2 rings (SSSR count). The number of methoxy groups -OCH3 is 1. The second kappa shape index (κ2) is 10.5. The highest BCUT2D eigenvalue weighted by atomic mass is 32.2. The van der Waals surface area contributed by atoms with Gasteiger partial charge in [0.15, 0.2) is 0 Å². The Kier molecular flexibility index (Phi) is 8.29. The molecule has 0 unspecified atom stereocenters. The summed E-state index contributed by atoms with van der Waals surface area (Å²) in [6.07, 6.45) is 3.10. The summed E-state index contributed by atoms with van der Waals surface area (Å²) in [7, 11) is -2.00. The quantitative estimate of drug-likeness (QED) is 0.582. The maximum Gasteiger partial charge on any atom is 0.243 e. The van der Waals surface area contributed by atoms with E-state index in [9.17, 15) is 13.2 Å². The minimum Gasteiger partial charge on any atom is -0.497 e. The Hall–Kier alpha value is -2.54. The fraction of sp³-hybridized carbons (Fsp3) is 0.435. The van der Waals surface area contributed by atoms with Crippen LogP contribution in [-0.2, 0) is 21.2 Å². The number of carbonyl (C=O) groups excluding carboxylic acids is 1. The summed E-state index contributed by atoms with van der Waals surface area (Å²) in [6.45, 7) is 6.06. The number of anilines is 1. The lowest BCUT2D eigenvalue weighted by atomic mass is 10.1. The van der Waals surface area contributed by atoms with Crippen molar-refractivity contribution in [2.24, 2.45) is 0 Å². The van der Waals surface area contributed by atoms with E-state index < -0.39 is 16.1 Å². The van der Waals surface area contributed by atoms with Crippen LogP contribution in [0.5, 0.6) is 5.75 Å². The number of nitrogens with zero attached hydrogens (tertiary/aromatic N) is 1. The van der Waals surface area contributed by atoms with Crippen LogP contribution in [0.15, 0.2) is 42.5 Å². The number of rotatable bonds is 10. The van der Waals surface area contributed by atoms with Crippen LogP contribution in [0.1, 0.15) is 36.5 Å². The Balaban J connectivity index is 2.07. The van der Waals surface area contributed by atoms with E-state index in [2.05, 4.69) is 5.32 Å². The summed E-state index contributed by atoms with van der Waals surface area (Å²) >= 11 is 0. The van der Waals surface area contributed by atoms with E-state index in [1.807, 2.05) is 63.2 Å². The molecule has 1 N–H and O–H groups in total. The van der Waals surface area contributed by atoms with Gasteiger partial charge in [-0.15, -0.1) is 0 Å². The molecule has 1 amide bonds. The summed E-state index contributed by atoms with van der Waals surface area (Å²) in [5.41, 5.74) is 3.47. The number of amides is 1. The molecule has 0 aliphatic rings. The standard InChI is InChI=1S/C23H32N2O4S/c1-6-21(25(30(5,27)28)22-16-17(2)9-10-18(22)3)23(26)24-15-7-8-19-11-13-20(29-4)14-12-19/h9-14,16,21H,6-8,15H2,1-5H3,(H,24,26)/t21-/m0/s1. The second-order valence-corrected chi connectivity index (χ2v) is 9.37. The van der Waals surface area contributed by atoms with E-state index in [-0.39, 0.29) is 5.91 Å². The van der Waals surface area contributed by atoms with Crippen LogP contribution in [0.2, 0.25) is 0 Å². The van der Waals surface area contributed by atoms with Gasteiger partial charge < -0.3 is 10.1 Å². The van der Waals surface area contributed by atoms with Gasteiger partial charge in [0.1, 0.15) is 11.8 Å². The first kappa shape index (κ1) is 23.7. The fourth-order valence-corrected chi connectivity index (χ4v) is 4.67. The second-order valence-electron chi connectivity index (χ2n) is 7.52. The zero-order valence-electron chi connectivity index (χ0n) is 18.4. The monoisotopic (exact) mass is 432 g/mol. The molecular formula is C23H32N2O4S. The maximum absolute atomic E-state index is 12.9. The molecule has 164 valence electrons. The molecular weight excluding hydrogens is 400 g/mol. The lowest BCUT2D eigenvalue weighted by molar-refractivity contribution is -0.122. The van der Waals surface area contributed by atoms with Crippen molar-refractivity contribution in [2.45, 2.75) is 46.1 Å². The van der Waals surface area contributed by atoms with Gasteiger partial charge in [0.25, 0.3) is 0 Å². The van der Waals surface area contributed by atoms with Gasteiger partial charge in [0.2, 0.25) is 15.9 Å². The van der Waals surface area contributed by atoms with Gasteiger partial charge in [0.05, 0.1) is 19.1 Å². The first-order valence-corrected chi connectivity index (χ1v) is 12.0. The van der Waals surface area contributed by atoms with E-state index in [0.717, 1.165) is 41.5 Å². The topological polar surface area (TPSA) is 75.7 Å². The smallest absolute Gasteiger partial charge is 0.243 e. The molecule has 0 saturated carbocycles. The van der Waals surface area contributed by atoms with Gasteiger partial charge in [0, 0.05) is 6.54 Å². The van der Waals surface area contributed by atoms with E-state index in [1.165, 1.54) is 4.31 Å². The summed E-state index contributed by atoms with van der Waals surface area (Å²) in [6, 6.07) is 12.7. The third-order valence-corrected chi connectivity index (χ3v) is 6.20. The Labute approximate surface area is 180 Å². The molecule has 0 bridgehead atoms. The average molecular weight is 433 g/mol. The minimum atomic E-state index is -3.63. The summed E-state index contributed by atoms with van der Waals surface area (Å²) < 4.78 is 31.6. The van der Waals surface area contributed by atoms with Crippen molar-refractivity contribution in [3.05, 3.63) is 59.2 Å². The largest absolute Gasteiger partial charge is 0.497 e. The van der Waals surface area contributed by atoms with Crippen molar-refractivity contribution >= 4 is 21.6 Å². The summed E-state index contributed by atoms with van der Waals surface area (Å²) in [5, 5.41) is 2.91. The normalized spacial score (nSPS) is 12.3. The predicted molar refractivity (Wildman–Crippen MR) is 122 cm³/mol. The van der Waals surface area contributed by atoms with Gasteiger partial charge in [-0.3, -0.25) is 9.10 Å². The Morgan fingerprint density at radius 1 is 1.13 bits per heavy atom. The van der Waals surface area contributed by atoms with Crippen molar-refractivity contribution in [1.82, 2.24) is 5.32 Å². The van der Waals surface area contributed by atoms with E-state index in [1.54, 1.807) is 7.11 Å². The zero-order chi connectivity index (χ0) is 22.3. The molecule has 0 aliphatic heterocycles. The van der Waals surface area contributed by atoms with Crippen LogP contribution in [0.4, 0.5) is 5.69 Å². The molecule has 30 heavy (non-hydrogen) atoms. The molecule has 2 aromatic carbocycles. The number of hydrogen-bond donors (Lipinski definition) is 1. The molecule has 0 aliphatic carbocycles. The summed E-state index contributed by atoms with van der Waals surface area (Å²) in [5.74, 6) is 0.531. The zero-order valence-corrected chi connectivity index (χ0v) is 19.3. The van der Waals surface area contributed by atoms with E-state index in [4.69, 9.17) is 4.74 Å².